The summed E-state index contributed by atoms with van der Waals surface area (Å²) in [6, 6.07) is 0. The van der Waals surface area contributed by atoms with Crippen LogP contribution in [0.15, 0.2) is 12.4 Å². The van der Waals surface area contributed by atoms with Gasteiger partial charge in [-0.1, -0.05) is 0 Å². The molecule has 0 amide bonds. The van der Waals surface area contributed by atoms with Crippen molar-refractivity contribution in [2.45, 2.75) is 0 Å². The monoisotopic (exact) mass is 241 g/mol. The van der Waals surface area contributed by atoms with Crippen LogP contribution in [0.3, 0.4) is 0 Å². The molecule has 0 unspecified atom stereocenters. The average Bonchev–Trinajstić information content (AvgIpc) is 2.80. The van der Waals surface area contributed by atoms with Gasteiger partial charge in [0.25, 0.3) is 0 Å². The number of methoxy groups -OCH3 is 3. The fraction of sp³-hybridized carbons (Fsp3) is 0.300. The van der Waals surface area contributed by atoms with Crippen LogP contribution < -0.4 is 0 Å². The van der Waals surface area contributed by atoms with E-state index >= 15 is 0 Å². The van der Waals surface area contributed by atoms with Crippen LogP contribution in [0.2, 0.25) is 0 Å². The Bertz CT molecular complexity index is 428. The Labute approximate surface area is 96.9 Å². The Morgan fingerprint density at radius 2 is 1.29 bits per heavy atom. The molecule has 0 fully saturated rings. The van der Waals surface area contributed by atoms with E-state index in [9.17, 15) is 14.4 Å². The summed E-state index contributed by atoms with van der Waals surface area (Å²) < 4.78 is 14.4. The molecule has 0 spiro atoms. The molecule has 1 heterocycles. The fourth-order valence-corrected chi connectivity index (χ4v) is 1.21. The molecule has 0 aromatic carbocycles. The highest BCUT2D eigenvalue weighted by Crippen LogP contribution is 2.13. The summed E-state index contributed by atoms with van der Waals surface area (Å²) in [5.74, 6) is -1.49. The highest BCUT2D eigenvalue weighted by Gasteiger charge is 2.23. The molecule has 0 radical (unpaired) electrons. The van der Waals surface area contributed by atoms with E-state index < -0.39 is 18.0 Å². The van der Waals surface area contributed by atoms with E-state index in [2.05, 4.69) is 14.2 Å². The summed E-state index contributed by atoms with van der Waals surface area (Å²) in [5, 5.41) is 0. The molecule has 1 rings (SSSR count). The Kier molecular flexibility index (Phi) is 3.86. The Morgan fingerprint density at radius 1 is 0.882 bits per heavy atom. The number of esters is 2. The average molecular weight is 241 g/mol. The molecule has 0 atom stereocenters. The molecule has 1 aromatic heterocycles. The van der Waals surface area contributed by atoms with Crippen LogP contribution in [0.25, 0.3) is 0 Å². The van der Waals surface area contributed by atoms with Gasteiger partial charge in [-0.15, -0.1) is 0 Å². The smallest absolute Gasteiger partial charge is 0.417 e. The van der Waals surface area contributed by atoms with Crippen molar-refractivity contribution in [2.75, 3.05) is 21.3 Å². The maximum absolute atomic E-state index is 11.4. The molecular weight excluding hydrogens is 230 g/mol. The van der Waals surface area contributed by atoms with E-state index in [1.807, 2.05) is 0 Å². The van der Waals surface area contributed by atoms with Gasteiger partial charge in [-0.2, -0.15) is 0 Å². The van der Waals surface area contributed by atoms with Gasteiger partial charge in [0, 0.05) is 12.4 Å². The molecule has 7 heteroatoms. The maximum Gasteiger partial charge on any atom is 0.417 e. The molecule has 0 N–H and O–H groups in total. The molecule has 0 saturated heterocycles. The molecule has 0 bridgehead atoms. The van der Waals surface area contributed by atoms with Gasteiger partial charge < -0.3 is 14.2 Å². The first-order chi connectivity index (χ1) is 8.04. The van der Waals surface area contributed by atoms with Crippen molar-refractivity contribution in [3.8, 4) is 0 Å². The van der Waals surface area contributed by atoms with E-state index in [0.29, 0.717) is 0 Å². The Balaban J connectivity index is 3.26. The predicted molar refractivity (Wildman–Crippen MR) is 54.9 cm³/mol. The van der Waals surface area contributed by atoms with Gasteiger partial charge in [0.05, 0.1) is 32.5 Å². The first-order valence-corrected chi connectivity index (χ1v) is 4.52. The second kappa shape index (κ2) is 5.15. The third-order valence-corrected chi connectivity index (χ3v) is 2.02. The lowest BCUT2D eigenvalue weighted by molar-refractivity contribution is 0.0556. The lowest BCUT2D eigenvalue weighted by Gasteiger charge is -1.98. The molecule has 0 aliphatic rings. The standard InChI is InChI=1S/C10H11NO6/c1-15-8(12)6-4-11(10(14)17-3)5-7(6)9(13)16-2/h4-5H,1-3H3. The summed E-state index contributed by atoms with van der Waals surface area (Å²) >= 11 is 0. The minimum atomic E-state index is -0.743. The number of hydrogen-bond donors (Lipinski definition) is 0. The van der Waals surface area contributed by atoms with Crippen molar-refractivity contribution in [2.24, 2.45) is 0 Å². The van der Waals surface area contributed by atoms with Gasteiger partial charge in [0.2, 0.25) is 0 Å². The molecule has 1 aromatic rings. The van der Waals surface area contributed by atoms with Crippen LogP contribution >= 0.6 is 0 Å². The molecule has 7 nitrogen and oxygen atoms in total. The van der Waals surface area contributed by atoms with E-state index in [0.717, 1.165) is 17.0 Å². The lowest BCUT2D eigenvalue weighted by atomic mass is 10.2. The summed E-state index contributed by atoms with van der Waals surface area (Å²) in [4.78, 5) is 34.0. The van der Waals surface area contributed by atoms with Gasteiger partial charge in [0.1, 0.15) is 0 Å². The van der Waals surface area contributed by atoms with Crippen LogP contribution in [0.1, 0.15) is 20.7 Å². The summed E-state index contributed by atoms with van der Waals surface area (Å²) in [6.45, 7) is 0. The molecule has 92 valence electrons. The minimum Gasteiger partial charge on any atom is -0.465 e. The first kappa shape index (κ1) is 12.8. The largest absolute Gasteiger partial charge is 0.465 e. The van der Waals surface area contributed by atoms with E-state index in [1.165, 1.54) is 21.3 Å². The maximum atomic E-state index is 11.4. The second-order valence-electron chi connectivity index (χ2n) is 2.95. The molecular formula is C10H11NO6. The molecule has 0 saturated carbocycles. The zero-order valence-corrected chi connectivity index (χ0v) is 9.55. The van der Waals surface area contributed by atoms with Gasteiger partial charge in [0.15, 0.2) is 0 Å². The van der Waals surface area contributed by atoms with E-state index in [4.69, 9.17) is 0 Å². The highest BCUT2D eigenvalue weighted by molar-refractivity contribution is 6.03. The summed E-state index contributed by atoms with van der Waals surface area (Å²) in [5.41, 5.74) is -0.130. The van der Waals surface area contributed by atoms with Crippen molar-refractivity contribution < 1.29 is 28.6 Å². The quantitative estimate of drug-likeness (QED) is 0.559. The third kappa shape index (κ3) is 2.44. The number of hydrogen-bond acceptors (Lipinski definition) is 6. The van der Waals surface area contributed by atoms with Crippen LogP contribution in [-0.4, -0.2) is 43.9 Å². The second-order valence-corrected chi connectivity index (χ2v) is 2.95. The van der Waals surface area contributed by atoms with Crippen molar-refractivity contribution in [3.05, 3.63) is 23.5 Å². The van der Waals surface area contributed by atoms with Crippen molar-refractivity contribution in [3.63, 3.8) is 0 Å². The normalized spacial score (nSPS) is 9.59. The zero-order valence-electron chi connectivity index (χ0n) is 9.55. The number of nitrogens with zero attached hydrogens (tertiary/aromatic N) is 1. The number of carbonyl (C=O) groups excluding carboxylic acids is 3. The SMILES string of the molecule is COC(=O)c1cn(C(=O)OC)cc1C(=O)OC. The van der Waals surface area contributed by atoms with Gasteiger partial charge in [-0.3, -0.25) is 4.57 Å². The number of aromatic nitrogens is 1. The highest BCUT2D eigenvalue weighted by atomic mass is 16.5. The summed E-state index contributed by atoms with van der Waals surface area (Å²) in [6.07, 6.45) is 1.55. The zero-order chi connectivity index (χ0) is 13.0. The van der Waals surface area contributed by atoms with E-state index in [1.54, 1.807) is 0 Å². The van der Waals surface area contributed by atoms with Gasteiger partial charge in [-0.25, -0.2) is 14.4 Å². The molecule has 0 aliphatic heterocycles. The van der Waals surface area contributed by atoms with Crippen molar-refractivity contribution in [1.82, 2.24) is 4.57 Å². The van der Waals surface area contributed by atoms with Crippen molar-refractivity contribution >= 4 is 18.0 Å². The number of carbonyl (C=O) groups is 3. The Hall–Kier alpha value is -2.31. The molecule has 17 heavy (non-hydrogen) atoms. The van der Waals surface area contributed by atoms with Crippen molar-refractivity contribution in [1.29, 1.82) is 0 Å². The fourth-order valence-electron chi connectivity index (χ4n) is 1.21. The van der Waals surface area contributed by atoms with E-state index in [-0.39, 0.29) is 11.1 Å². The molecule has 0 aliphatic carbocycles. The lowest BCUT2D eigenvalue weighted by Crippen LogP contribution is -2.09. The first-order valence-electron chi connectivity index (χ1n) is 4.52. The van der Waals surface area contributed by atoms with Crippen LogP contribution in [0.4, 0.5) is 4.79 Å². The Morgan fingerprint density at radius 3 is 1.59 bits per heavy atom. The predicted octanol–water partition coefficient (Wildman–Crippen LogP) is 0.676. The van der Waals surface area contributed by atoms with Gasteiger partial charge in [-0.05, 0) is 0 Å². The topological polar surface area (TPSA) is 83.8 Å². The van der Waals surface area contributed by atoms with Gasteiger partial charge >= 0.3 is 18.0 Å². The van der Waals surface area contributed by atoms with Crippen LogP contribution in [0, 0.1) is 0 Å². The third-order valence-electron chi connectivity index (χ3n) is 2.02. The number of rotatable bonds is 2. The summed E-state index contributed by atoms with van der Waals surface area (Å²) in [7, 11) is 3.51. The van der Waals surface area contributed by atoms with Crippen LogP contribution in [0.5, 0.6) is 0 Å². The van der Waals surface area contributed by atoms with Crippen LogP contribution in [-0.2, 0) is 14.2 Å². The minimum absolute atomic E-state index is 0.0650. The number of ether oxygens (including phenoxy) is 3.